The number of methoxy groups -OCH3 is 1. The van der Waals surface area contributed by atoms with E-state index in [1.165, 1.54) is 11.0 Å². The summed E-state index contributed by atoms with van der Waals surface area (Å²) in [6.07, 6.45) is 3.03. The van der Waals surface area contributed by atoms with Gasteiger partial charge in [0.2, 0.25) is 5.91 Å². The van der Waals surface area contributed by atoms with E-state index >= 15 is 0 Å². The summed E-state index contributed by atoms with van der Waals surface area (Å²) >= 11 is 0. The fraction of sp³-hybridized carbons (Fsp3) is 0.514. The topological polar surface area (TPSA) is 164 Å². The van der Waals surface area contributed by atoms with Crippen LogP contribution in [0.4, 0.5) is 0 Å². The fourth-order valence-corrected chi connectivity index (χ4v) is 7.80. The first-order chi connectivity index (χ1) is 21.0. The summed E-state index contributed by atoms with van der Waals surface area (Å²) in [4.78, 5) is 68.8. The van der Waals surface area contributed by atoms with Gasteiger partial charge in [0.15, 0.2) is 34.7 Å². The zero-order chi connectivity index (χ0) is 33.2. The number of aryl methyl sites for hydroxylation is 1. The molecule has 240 valence electrons. The predicted molar refractivity (Wildman–Crippen MR) is 166 cm³/mol. The van der Waals surface area contributed by atoms with Gasteiger partial charge in [-0.2, -0.15) is 0 Å². The molecule has 0 saturated heterocycles. The van der Waals surface area contributed by atoms with Gasteiger partial charge in [-0.3, -0.25) is 28.9 Å². The number of Topliss-reactive ketones (excluding diaryl/α,β-unsaturated/α-hetero) is 4. The van der Waals surface area contributed by atoms with E-state index in [0.29, 0.717) is 16.9 Å². The first kappa shape index (κ1) is 32.5. The molecule has 0 radical (unpaired) electrons. The normalized spacial score (nSPS) is 28.0. The molecular weight excluding hydrogens is 576 g/mol. The highest BCUT2D eigenvalue weighted by Gasteiger charge is 2.69. The van der Waals surface area contributed by atoms with Crippen molar-refractivity contribution in [1.29, 1.82) is 0 Å². The van der Waals surface area contributed by atoms with Crippen molar-refractivity contribution in [3.8, 4) is 22.6 Å². The quantitative estimate of drug-likeness (QED) is 0.396. The number of ether oxygens (including phenoxy) is 1. The molecule has 0 heterocycles. The zero-order valence-electron chi connectivity index (χ0n) is 26.7. The van der Waals surface area contributed by atoms with Gasteiger partial charge in [0.25, 0.3) is 0 Å². The van der Waals surface area contributed by atoms with Crippen LogP contribution in [0.2, 0.25) is 0 Å². The predicted octanol–water partition coefficient (Wildman–Crippen LogP) is 2.91. The number of carbonyl (C=O) groups excluding carboxylic acids is 5. The van der Waals surface area contributed by atoms with E-state index in [4.69, 9.17) is 10.5 Å². The third-order valence-electron chi connectivity index (χ3n) is 9.89. The van der Waals surface area contributed by atoms with E-state index in [0.717, 1.165) is 30.4 Å². The summed E-state index contributed by atoms with van der Waals surface area (Å²) in [5, 5.41) is 22.7. The third kappa shape index (κ3) is 5.27. The van der Waals surface area contributed by atoms with Crippen LogP contribution in [0.25, 0.3) is 11.1 Å². The molecule has 2 saturated carbocycles. The Labute approximate surface area is 262 Å². The van der Waals surface area contributed by atoms with Gasteiger partial charge in [0.1, 0.15) is 11.5 Å². The number of aliphatic hydroxyl groups is 1. The molecule has 10 nitrogen and oxygen atoms in total. The largest absolute Gasteiger partial charge is 0.507 e. The van der Waals surface area contributed by atoms with Crippen LogP contribution in [0.1, 0.15) is 61.5 Å². The second-order valence-electron chi connectivity index (χ2n) is 14.2. The van der Waals surface area contributed by atoms with Gasteiger partial charge in [-0.1, -0.05) is 32.9 Å². The SMILES string of the molecule is COc1ccc(CCCC(C)(C)C)cc1-c1ccc(O)c2c1C[C@@H]1C[C@@H]3C(N(C)C)C(=O)C(C(N)=O)C(=O)[C@]3(O)C(=O)C1C2=O. The average Bonchev–Trinajstić information content (AvgIpc) is 2.94. The van der Waals surface area contributed by atoms with Crippen LogP contribution >= 0.6 is 0 Å². The molecule has 1 amide bonds. The molecule has 3 aliphatic rings. The second-order valence-corrected chi connectivity index (χ2v) is 14.2. The number of phenolic OH excluding ortho intramolecular Hbond substituents is 1. The Bertz CT molecular complexity index is 1610. The second kappa shape index (κ2) is 11.5. The van der Waals surface area contributed by atoms with Crippen molar-refractivity contribution in [2.75, 3.05) is 21.2 Å². The summed E-state index contributed by atoms with van der Waals surface area (Å²) in [5.41, 5.74) is 5.84. The summed E-state index contributed by atoms with van der Waals surface area (Å²) in [7, 11) is 4.68. The van der Waals surface area contributed by atoms with E-state index in [2.05, 4.69) is 20.8 Å². The number of primary amides is 1. The monoisotopic (exact) mass is 618 g/mol. The lowest BCUT2D eigenvalue weighted by molar-refractivity contribution is -0.181. The Hall–Kier alpha value is -3.89. The molecule has 3 aliphatic carbocycles. The third-order valence-corrected chi connectivity index (χ3v) is 9.89. The number of aromatic hydroxyl groups is 1. The maximum Gasteiger partial charge on any atom is 0.235 e. The number of amides is 1. The van der Waals surface area contributed by atoms with Gasteiger partial charge in [-0.25, -0.2) is 0 Å². The number of nitrogens with zero attached hydrogens (tertiary/aromatic N) is 1. The highest BCUT2D eigenvalue weighted by molar-refractivity contribution is 6.32. The Kier molecular flexibility index (Phi) is 8.29. The molecule has 2 fully saturated rings. The highest BCUT2D eigenvalue weighted by atomic mass is 16.5. The summed E-state index contributed by atoms with van der Waals surface area (Å²) in [6, 6.07) is 7.90. The zero-order valence-corrected chi connectivity index (χ0v) is 26.7. The van der Waals surface area contributed by atoms with Gasteiger partial charge in [0.05, 0.1) is 24.6 Å². The van der Waals surface area contributed by atoms with Crippen LogP contribution in [0.15, 0.2) is 30.3 Å². The van der Waals surface area contributed by atoms with E-state index < -0.39 is 64.4 Å². The first-order valence-electron chi connectivity index (χ1n) is 15.4. The Balaban J connectivity index is 1.60. The molecule has 3 unspecified atom stereocenters. The van der Waals surface area contributed by atoms with Gasteiger partial charge >= 0.3 is 0 Å². The molecule has 0 aliphatic heterocycles. The number of phenols is 1. The van der Waals surface area contributed by atoms with Crippen LogP contribution in [0.3, 0.4) is 0 Å². The maximum atomic E-state index is 14.1. The van der Waals surface area contributed by atoms with Crippen molar-refractivity contribution in [2.45, 2.75) is 64.5 Å². The number of likely N-dealkylation sites (N-methyl/N-ethyl adjacent to an activating group) is 1. The molecular formula is C35H42N2O8. The van der Waals surface area contributed by atoms with Crippen molar-refractivity contribution >= 4 is 29.0 Å². The van der Waals surface area contributed by atoms with Gasteiger partial charge < -0.3 is 20.7 Å². The number of fused-ring (bicyclic) bond motifs is 3. The number of carbonyl (C=O) groups is 5. The Morgan fingerprint density at radius 2 is 1.76 bits per heavy atom. The molecule has 6 atom stereocenters. The smallest absolute Gasteiger partial charge is 0.235 e. The molecule has 10 heteroatoms. The first-order valence-corrected chi connectivity index (χ1v) is 15.4. The number of nitrogens with two attached hydrogens (primary N) is 1. The molecule has 2 aromatic carbocycles. The maximum absolute atomic E-state index is 14.1. The highest BCUT2D eigenvalue weighted by Crippen LogP contribution is 2.52. The van der Waals surface area contributed by atoms with Crippen molar-refractivity contribution in [1.82, 2.24) is 4.90 Å². The van der Waals surface area contributed by atoms with Crippen molar-refractivity contribution in [2.24, 2.45) is 34.8 Å². The van der Waals surface area contributed by atoms with Crippen LogP contribution in [0.5, 0.6) is 11.5 Å². The Morgan fingerprint density at radius 3 is 2.36 bits per heavy atom. The lowest BCUT2D eigenvalue weighted by Crippen LogP contribution is -2.74. The van der Waals surface area contributed by atoms with E-state index in [1.807, 2.05) is 18.2 Å². The lowest BCUT2D eigenvalue weighted by Gasteiger charge is -2.52. The number of hydrogen-bond acceptors (Lipinski definition) is 9. The van der Waals surface area contributed by atoms with Crippen molar-refractivity contribution in [3.63, 3.8) is 0 Å². The van der Waals surface area contributed by atoms with Crippen LogP contribution in [-0.4, -0.2) is 77.0 Å². The van der Waals surface area contributed by atoms with E-state index in [9.17, 15) is 34.2 Å². The number of benzene rings is 2. The summed E-state index contributed by atoms with van der Waals surface area (Å²) in [6.45, 7) is 6.60. The van der Waals surface area contributed by atoms with Gasteiger partial charge in [-0.05, 0) is 92.4 Å². The molecule has 5 rings (SSSR count). The molecule has 45 heavy (non-hydrogen) atoms. The van der Waals surface area contributed by atoms with Gasteiger partial charge in [-0.15, -0.1) is 0 Å². The standard InChI is InChI=1S/C35H42N2O8/c1-34(2,3)13-7-8-17-9-12-24(45-6)20(14-17)19-10-11-23(38)26-21(19)15-18-16-22-28(37(4)5)30(40)27(33(36)43)32(42)35(22,44)31(41)25(18)29(26)39/h9-12,14,18,22,25,27-28,38,44H,7-8,13,15-16H2,1-6H3,(H2,36,43)/t18-,22-,25?,27?,28?,35-/m1/s1. The van der Waals surface area contributed by atoms with Gasteiger partial charge in [0, 0.05) is 11.5 Å². The fourth-order valence-electron chi connectivity index (χ4n) is 7.80. The van der Waals surface area contributed by atoms with Crippen LogP contribution in [-0.2, 0) is 32.0 Å². The minimum absolute atomic E-state index is 0.0109. The number of ketones is 4. The van der Waals surface area contributed by atoms with Crippen molar-refractivity contribution in [3.05, 3.63) is 47.0 Å². The van der Waals surface area contributed by atoms with Crippen molar-refractivity contribution < 1.29 is 38.9 Å². The number of rotatable bonds is 7. The summed E-state index contributed by atoms with van der Waals surface area (Å²) in [5.74, 6) is -10.1. The minimum Gasteiger partial charge on any atom is -0.507 e. The molecule has 0 aromatic heterocycles. The molecule has 4 N–H and O–H groups in total. The van der Waals surface area contributed by atoms with E-state index in [1.54, 1.807) is 27.3 Å². The summed E-state index contributed by atoms with van der Waals surface area (Å²) < 4.78 is 5.71. The molecule has 0 spiro atoms. The minimum atomic E-state index is -2.76. The molecule has 2 aromatic rings. The average molecular weight is 619 g/mol. The van der Waals surface area contributed by atoms with E-state index in [-0.39, 0.29) is 29.6 Å². The van der Waals surface area contributed by atoms with Crippen LogP contribution in [0, 0.1) is 29.1 Å². The Morgan fingerprint density at radius 1 is 1.07 bits per heavy atom. The van der Waals surface area contributed by atoms with Crippen LogP contribution < -0.4 is 10.5 Å². The lowest BCUT2D eigenvalue weighted by atomic mass is 9.52. The number of hydrogen-bond donors (Lipinski definition) is 3. The molecule has 0 bridgehead atoms.